The molecule has 0 radical (unpaired) electrons. The number of H-pyrrole nitrogens is 2. The average molecular weight is 762 g/mol. The van der Waals surface area contributed by atoms with Crippen LogP contribution in [-0.2, 0) is 24.6 Å². The van der Waals surface area contributed by atoms with Crippen LogP contribution in [0.15, 0.2) is 67.1 Å². The molecule has 292 valence electrons. The second-order valence-corrected chi connectivity index (χ2v) is 14.7. The van der Waals surface area contributed by atoms with Gasteiger partial charge in [0.1, 0.15) is 24.7 Å². The van der Waals surface area contributed by atoms with E-state index >= 15 is 0 Å². The Morgan fingerprint density at radius 2 is 1.52 bits per heavy atom. The van der Waals surface area contributed by atoms with Crippen LogP contribution in [0.4, 0.5) is 9.59 Å². The summed E-state index contributed by atoms with van der Waals surface area (Å²) in [6.07, 6.45) is 8.37. The number of carbonyl (C=O) groups is 4. The van der Waals surface area contributed by atoms with Gasteiger partial charge in [0.05, 0.1) is 55.1 Å². The van der Waals surface area contributed by atoms with Crippen molar-refractivity contribution in [2.45, 2.75) is 57.5 Å². The fourth-order valence-electron chi connectivity index (χ4n) is 7.97. The lowest BCUT2D eigenvalue weighted by Gasteiger charge is -2.43. The zero-order valence-electron chi connectivity index (χ0n) is 32.1. The number of nitrogens with one attached hydrogen (secondary N) is 4. The molecule has 1 unspecified atom stereocenters. The Kier molecular flexibility index (Phi) is 11.0. The molecule has 3 atom stereocenters. The largest absolute Gasteiger partial charge is 0.453 e. The van der Waals surface area contributed by atoms with Crippen molar-refractivity contribution in [1.29, 1.82) is 0 Å². The predicted molar refractivity (Wildman–Crippen MR) is 209 cm³/mol. The summed E-state index contributed by atoms with van der Waals surface area (Å²) in [5.41, 5.74) is 5.67. The fourth-order valence-corrected chi connectivity index (χ4v) is 7.97. The number of piperidine rings is 2. The Morgan fingerprint density at radius 1 is 0.821 bits per heavy atom. The molecule has 56 heavy (non-hydrogen) atoms. The van der Waals surface area contributed by atoms with Crippen molar-refractivity contribution >= 4 is 34.9 Å². The summed E-state index contributed by atoms with van der Waals surface area (Å²) < 4.78 is 9.28. The summed E-state index contributed by atoms with van der Waals surface area (Å²) in [6.45, 7) is 4.98. The Hall–Kier alpha value is -6.25. The number of imidazole rings is 2. The topological polar surface area (TPSA) is 188 Å². The van der Waals surface area contributed by atoms with Gasteiger partial charge in [0.15, 0.2) is 0 Å². The summed E-state index contributed by atoms with van der Waals surface area (Å²) >= 11 is 0. The third kappa shape index (κ3) is 7.66. The molecular weight excluding hydrogens is 715 g/mol. The van der Waals surface area contributed by atoms with Gasteiger partial charge in [0.2, 0.25) is 11.8 Å². The number of pyridine rings is 1. The third-order valence-electron chi connectivity index (χ3n) is 11.0. The first-order valence-corrected chi connectivity index (χ1v) is 18.9. The molecule has 0 saturated carbocycles. The van der Waals surface area contributed by atoms with E-state index in [2.05, 4.69) is 61.3 Å². The Labute approximate surface area is 324 Å². The number of carbonyl (C=O) groups excluding carboxylic acids is 4. The molecule has 15 nitrogen and oxygen atoms in total. The summed E-state index contributed by atoms with van der Waals surface area (Å²) in [5, 5.41) is 5.96. The number of amides is 4. The Balaban J connectivity index is 1.11. The van der Waals surface area contributed by atoms with E-state index in [9.17, 15) is 19.2 Å². The van der Waals surface area contributed by atoms with Gasteiger partial charge in [-0.05, 0) is 62.1 Å². The number of aromatic amines is 2. The van der Waals surface area contributed by atoms with Gasteiger partial charge >= 0.3 is 12.2 Å². The van der Waals surface area contributed by atoms with Crippen LogP contribution in [0.25, 0.3) is 44.5 Å². The SMILES string of the molecule is COC(=O)NCC(=O)N1C[C@@H](C)CCC1c1ncc(-c2ccc(-c3ccc(-c4cnc([C@@]5(C)CCCCN5C(=O)CNC(=O)OC)[nH]4)c4cccnc34)cc2)[nH]1. The molecule has 0 aliphatic carbocycles. The van der Waals surface area contributed by atoms with Crippen molar-refractivity contribution in [2.75, 3.05) is 40.4 Å². The van der Waals surface area contributed by atoms with Crippen molar-refractivity contribution in [3.8, 4) is 33.6 Å². The number of ether oxygens (including phenoxy) is 2. The quantitative estimate of drug-likeness (QED) is 0.141. The molecule has 0 spiro atoms. The number of fused-ring (bicyclic) bond motifs is 1. The summed E-state index contributed by atoms with van der Waals surface area (Å²) in [6, 6.07) is 16.1. The van der Waals surface area contributed by atoms with Crippen molar-refractivity contribution < 1.29 is 28.7 Å². The van der Waals surface area contributed by atoms with E-state index in [1.807, 2.05) is 37.4 Å². The smallest absolute Gasteiger partial charge is 0.407 e. The van der Waals surface area contributed by atoms with Gasteiger partial charge < -0.3 is 39.9 Å². The number of likely N-dealkylation sites (tertiary alicyclic amines) is 2. The summed E-state index contributed by atoms with van der Waals surface area (Å²) in [7, 11) is 2.54. The minimum atomic E-state index is -0.675. The van der Waals surface area contributed by atoms with Crippen molar-refractivity contribution in [3.63, 3.8) is 0 Å². The molecular formula is C41H47N9O6. The predicted octanol–water partition coefficient (Wildman–Crippen LogP) is 5.92. The highest BCUT2D eigenvalue weighted by atomic mass is 16.5. The molecule has 5 heterocycles. The lowest BCUT2D eigenvalue weighted by Crippen LogP contribution is -2.53. The number of hydrogen-bond donors (Lipinski definition) is 4. The van der Waals surface area contributed by atoms with Crippen LogP contribution in [0.3, 0.4) is 0 Å². The summed E-state index contributed by atoms with van der Waals surface area (Å²) in [5.74, 6) is 1.35. The van der Waals surface area contributed by atoms with Crippen LogP contribution >= 0.6 is 0 Å². The maximum Gasteiger partial charge on any atom is 0.407 e. The first-order valence-electron chi connectivity index (χ1n) is 18.9. The zero-order valence-corrected chi connectivity index (χ0v) is 32.1. The highest BCUT2D eigenvalue weighted by Gasteiger charge is 2.41. The Morgan fingerprint density at radius 3 is 2.27 bits per heavy atom. The molecule has 7 rings (SSSR count). The number of nitrogens with zero attached hydrogens (tertiary/aromatic N) is 5. The lowest BCUT2D eigenvalue weighted by atomic mass is 9.87. The number of hydrogen-bond acceptors (Lipinski definition) is 9. The van der Waals surface area contributed by atoms with Crippen LogP contribution in [0.1, 0.15) is 63.6 Å². The molecule has 2 fully saturated rings. The summed E-state index contributed by atoms with van der Waals surface area (Å²) in [4.78, 5) is 74.5. The van der Waals surface area contributed by atoms with Crippen LogP contribution in [0.2, 0.25) is 0 Å². The molecule has 2 saturated heterocycles. The number of alkyl carbamates (subject to hydrolysis) is 2. The van der Waals surface area contributed by atoms with Gasteiger partial charge in [-0.3, -0.25) is 14.6 Å². The monoisotopic (exact) mass is 761 g/mol. The molecule has 2 aliphatic heterocycles. The van der Waals surface area contributed by atoms with Crippen LogP contribution in [0, 0.1) is 5.92 Å². The zero-order chi connectivity index (χ0) is 39.4. The molecule has 2 aromatic carbocycles. The average Bonchev–Trinajstić information content (AvgIpc) is 3.93. The van der Waals surface area contributed by atoms with Crippen LogP contribution < -0.4 is 10.6 Å². The first-order chi connectivity index (χ1) is 27.1. The minimum absolute atomic E-state index is 0.141. The van der Waals surface area contributed by atoms with Gasteiger partial charge in [-0.2, -0.15) is 0 Å². The molecule has 3 aromatic heterocycles. The highest BCUT2D eigenvalue weighted by molar-refractivity contribution is 6.02. The van der Waals surface area contributed by atoms with E-state index in [1.54, 1.807) is 22.2 Å². The lowest BCUT2D eigenvalue weighted by molar-refractivity contribution is -0.139. The van der Waals surface area contributed by atoms with Gasteiger partial charge in [-0.15, -0.1) is 0 Å². The standard InChI is InChI=1S/C41H47N9O6/c1-25-9-16-33(49(24-25)34(51)22-45-39(53)55-3)37-43-20-31(47-37)27-12-10-26(11-13-27)28-14-15-29(30-8-7-18-42-36(28)30)32-21-44-38(48-32)41(2)17-5-6-19-50(41)35(52)23-46-40(54)56-4/h7-8,10-15,18,20-21,25,33H,5-6,9,16-17,19,22-24H2,1-4H3,(H,43,47)(H,44,48)(H,45,53)(H,46,54)/t25-,33?,41+/m0/s1. The minimum Gasteiger partial charge on any atom is -0.453 e. The Bertz CT molecular complexity index is 2230. The van der Waals surface area contributed by atoms with E-state index in [0.717, 1.165) is 76.6 Å². The maximum absolute atomic E-state index is 13.3. The van der Waals surface area contributed by atoms with E-state index in [-0.39, 0.29) is 30.9 Å². The second-order valence-electron chi connectivity index (χ2n) is 14.7. The van der Waals surface area contributed by atoms with E-state index < -0.39 is 17.7 Å². The third-order valence-corrected chi connectivity index (χ3v) is 11.0. The molecule has 4 N–H and O–H groups in total. The molecule has 5 aromatic rings. The van der Waals surface area contributed by atoms with E-state index in [4.69, 9.17) is 15.0 Å². The van der Waals surface area contributed by atoms with Gasteiger partial charge in [0, 0.05) is 35.8 Å². The van der Waals surface area contributed by atoms with Crippen LogP contribution in [0.5, 0.6) is 0 Å². The number of methoxy groups -OCH3 is 2. The number of benzene rings is 2. The van der Waals surface area contributed by atoms with Gasteiger partial charge in [-0.1, -0.05) is 49.4 Å². The fraction of sp³-hybridized carbons (Fsp3) is 0.390. The molecule has 0 bridgehead atoms. The number of aromatic nitrogens is 5. The highest BCUT2D eigenvalue weighted by Crippen LogP contribution is 2.39. The van der Waals surface area contributed by atoms with E-state index in [0.29, 0.717) is 30.7 Å². The second kappa shape index (κ2) is 16.2. The van der Waals surface area contributed by atoms with Crippen molar-refractivity contribution in [1.82, 2.24) is 45.4 Å². The number of rotatable bonds is 9. The maximum atomic E-state index is 13.3. The first kappa shape index (κ1) is 38.0. The van der Waals surface area contributed by atoms with Crippen molar-refractivity contribution in [2.24, 2.45) is 5.92 Å². The molecule has 2 aliphatic rings. The molecule has 4 amide bonds. The molecule has 15 heteroatoms. The normalized spacial score (nSPS) is 19.7. The van der Waals surface area contributed by atoms with Gasteiger partial charge in [-0.25, -0.2) is 19.6 Å². The van der Waals surface area contributed by atoms with Crippen molar-refractivity contribution in [3.05, 3.63) is 78.8 Å². The van der Waals surface area contributed by atoms with Crippen LogP contribution in [-0.4, -0.2) is 99.1 Å². The van der Waals surface area contributed by atoms with E-state index in [1.165, 1.54) is 14.2 Å². The van der Waals surface area contributed by atoms with Gasteiger partial charge in [0.25, 0.3) is 0 Å².